The van der Waals surface area contributed by atoms with E-state index in [0.29, 0.717) is 23.5 Å². The van der Waals surface area contributed by atoms with Crippen LogP contribution in [0.1, 0.15) is 33.3 Å². The van der Waals surface area contributed by atoms with Gasteiger partial charge in [-0.25, -0.2) is 4.98 Å². The van der Waals surface area contributed by atoms with Gasteiger partial charge in [-0.2, -0.15) is 4.98 Å². The summed E-state index contributed by atoms with van der Waals surface area (Å²) in [6.07, 6.45) is 1.50. The number of fused-ring (bicyclic) bond motifs is 1. The molecule has 0 fully saturated rings. The third-order valence-electron chi connectivity index (χ3n) is 6.10. The lowest BCUT2D eigenvalue weighted by atomic mass is 9.84. The Labute approximate surface area is 178 Å². The molecule has 11 heteroatoms. The molecule has 1 aromatic carbocycles. The minimum Gasteiger partial charge on any atom is -0.714 e. The summed E-state index contributed by atoms with van der Waals surface area (Å²) in [6, 6.07) is 6.78. The smallest absolute Gasteiger partial charge is 0.316 e. The number of aromatic amines is 1. The monoisotopic (exact) mass is 426 g/mol. The van der Waals surface area contributed by atoms with Crippen LogP contribution in [0, 0.1) is 5.21 Å². The summed E-state index contributed by atoms with van der Waals surface area (Å²) in [4.78, 5) is 22.4. The summed E-state index contributed by atoms with van der Waals surface area (Å²) in [6.45, 7) is 7.71. The molecule has 0 atom stereocenters. The molecule has 0 bridgehead atoms. The molecule has 1 aliphatic heterocycles. The highest BCUT2D eigenvalue weighted by Gasteiger charge is 2.59. The van der Waals surface area contributed by atoms with Crippen molar-refractivity contribution in [3.05, 3.63) is 51.7 Å². The number of nitrogens with two attached hydrogens (primary N) is 1. The lowest BCUT2D eigenvalue weighted by molar-refractivity contribution is -0.539. The first-order valence-corrected chi connectivity index (χ1v) is 9.79. The number of hydrogen-bond acceptors (Lipinski definition) is 7. The highest BCUT2D eigenvalue weighted by atomic mass is 16.5. The second kappa shape index (κ2) is 6.98. The van der Waals surface area contributed by atoms with Crippen LogP contribution < -0.4 is 16.0 Å². The van der Waals surface area contributed by atoms with Crippen molar-refractivity contribution in [2.24, 2.45) is 0 Å². The van der Waals surface area contributed by atoms with E-state index in [1.807, 2.05) is 0 Å². The van der Waals surface area contributed by atoms with Gasteiger partial charge in [0.2, 0.25) is 5.95 Å². The quantitative estimate of drug-likeness (QED) is 0.461. The first-order valence-electron chi connectivity index (χ1n) is 9.79. The van der Waals surface area contributed by atoms with Crippen LogP contribution in [0.3, 0.4) is 0 Å². The fourth-order valence-electron chi connectivity index (χ4n) is 3.44. The van der Waals surface area contributed by atoms with Crippen LogP contribution in [0.4, 0.5) is 5.95 Å². The second-order valence-electron chi connectivity index (χ2n) is 8.46. The summed E-state index contributed by atoms with van der Waals surface area (Å²) in [5.41, 5.74) is 4.58. The molecule has 163 valence electrons. The summed E-state index contributed by atoms with van der Waals surface area (Å²) >= 11 is 0. The van der Waals surface area contributed by atoms with E-state index in [9.17, 15) is 15.2 Å². The van der Waals surface area contributed by atoms with Gasteiger partial charge in [0.15, 0.2) is 16.7 Å². The van der Waals surface area contributed by atoms with Crippen LogP contribution >= 0.6 is 0 Å². The SMILES string of the molecule is CC1(C)N([O])C(c2ccc(OCCn3cnc4c(=O)[nH]c(N)nc43)cc2)=[N+]([O-])C1(C)C. The zero-order valence-corrected chi connectivity index (χ0v) is 17.7. The fourth-order valence-corrected chi connectivity index (χ4v) is 3.44. The van der Waals surface area contributed by atoms with Crippen molar-refractivity contribution in [3.63, 3.8) is 0 Å². The van der Waals surface area contributed by atoms with E-state index in [4.69, 9.17) is 10.5 Å². The molecule has 3 heterocycles. The molecule has 0 saturated carbocycles. The minimum absolute atomic E-state index is 0.0198. The number of nitrogens with zero attached hydrogens (tertiary/aromatic N) is 5. The third-order valence-corrected chi connectivity index (χ3v) is 6.10. The van der Waals surface area contributed by atoms with E-state index in [1.165, 1.54) is 6.33 Å². The molecule has 11 nitrogen and oxygen atoms in total. The predicted molar refractivity (Wildman–Crippen MR) is 113 cm³/mol. The molecule has 0 amide bonds. The van der Waals surface area contributed by atoms with Crippen molar-refractivity contribution in [1.82, 2.24) is 24.6 Å². The van der Waals surface area contributed by atoms with E-state index < -0.39 is 16.6 Å². The van der Waals surface area contributed by atoms with Crippen molar-refractivity contribution < 1.29 is 14.7 Å². The number of benzene rings is 1. The number of nitrogens with one attached hydrogen (secondary N) is 1. The van der Waals surface area contributed by atoms with Crippen molar-refractivity contribution in [2.75, 3.05) is 12.3 Å². The summed E-state index contributed by atoms with van der Waals surface area (Å²) in [5, 5.41) is 26.3. The van der Waals surface area contributed by atoms with Gasteiger partial charge in [0, 0.05) is 5.21 Å². The molecule has 1 radical (unpaired) electrons. The molecule has 4 rings (SSSR count). The van der Waals surface area contributed by atoms with E-state index in [0.717, 1.165) is 9.80 Å². The van der Waals surface area contributed by atoms with E-state index >= 15 is 0 Å². The molecule has 0 unspecified atom stereocenters. The number of imidazole rings is 1. The van der Waals surface area contributed by atoms with E-state index in [-0.39, 0.29) is 23.9 Å². The van der Waals surface area contributed by atoms with Crippen LogP contribution in [0.2, 0.25) is 0 Å². The summed E-state index contributed by atoms with van der Waals surface area (Å²) in [7, 11) is 0. The summed E-state index contributed by atoms with van der Waals surface area (Å²) in [5.74, 6) is 0.678. The summed E-state index contributed by atoms with van der Waals surface area (Å²) < 4.78 is 8.21. The molecule has 31 heavy (non-hydrogen) atoms. The maximum Gasteiger partial charge on any atom is 0.316 e. The predicted octanol–water partition coefficient (Wildman–Crippen LogP) is 1.26. The number of amidine groups is 1. The number of rotatable bonds is 5. The molecular formula is C20H24N7O4. The Morgan fingerprint density at radius 2 is 1.90 bits per heavy atom. The Morgan fingerprint density at radius 1 is 1.23 bits per heavy atom. The zero-order valence-electron chi connectivity index (χ0n) is 17.7. The van der Waals surface area contributed by atoms with Crippen LogP contribution in [-0.4, -0.2) is 52.8 Å². The zero-order chi connectivity index (χ0) is 22.6. The minimum atomic E-state index is -0.869. The van der Waals surface area contributed by atoms with Gasteiger partial charge in [0.05, 0.1) is 18.4 Å². The van der Waals surface area contributed by atoms with E-state index in [1.54, 1.807) is 56.5 Å². The Hall–Kier alpha value is -3.60. The Bertz CT molecular complexity index is 1220. The lowest BCUT2D eigenvalue weighted by Gasteiger charge is -2.32. The van der Waals surface area contributed by atoms with Crippen LogP contribution in [0.25, 0.3) is 11.2 Å². The maximum absolute atomic E-state index is 12.8. The number of anilines is 1. The molecular weight excluding hydrogens is 402 g/mol. The largest absolute Gasteiger partial charge is 0.714 e. The second-order valence-corrected chi connectivity index (χ2v) is 8.46. The Morgan fingerprint density at radius 3 is 2.52 bits per heavy atom. The molecule has 3 N–H and O–H groups in total. The Kier molecular flexibility index (Phi) is 4.65. The van der Waals surface area contributed by atoms with Crippen molar-refractivity contribution in [2.45, 2.75) is 45.3 Å². The van der Waals surface area contributed by atoms with Gasteiger partial charge in [-0.3, -0.25) is 14.5 Å². The highest BCUT2D eigenvalue weighted by Crippen LogP contribution is 2.37. The molecule has 0 saturated heterocycles. The molecule has 3 aromatic rings. The lowest BCUT2D eigenvalue weighted by Crippen LogP contribution is -2.53. The van der Waals surface area contributed by atoms with Crippen LogP contribution in [0.15, 0.2) is 35.4 Å². The number of H-pyrrole nitrogens is 1. The molecule has 0 spiro atoms. The Balaban J connectivity index is 1.47. The van der Waals surface area contributed by atoms with Gasteiger partial charge in [-0.05, 0) is 52.0 Å². The van der Waals surface area contributed by atoms with Gasteiger partial charge >= 0.3 is 5.84 Å². The first kappa shape index (κ1) is 20.7. The van der Waals surface area contributed by atoms with Crippen molar-refractivity contribution in [3.8, 4) is 5.75 Å². The van der Waals surface area contributed by atoms with Gasteiger partial charge in [0.1, 0.15) is 17.9 Å². The van der Waals surface area contributed by atoms with Crippen LogP contribution in [-0.2, 0) is 11.8 Å². The molecule has 1 aliphatic rings. The van der Waals surface area contributed by atoms with E-state index in [2.05, 4.69) is 15.0 Å². The topological polar surface area (TPSA) is 148 Å². The van der Waals surface area contributed by atoms with Gasteiger partial charge < -0.3 is 20.2 Å². The van der Waals surface area contributed by atoms with Crippen molar-refractivity contribution >= 4 is 22.9 Å². The first-order chi connectivity index (χ1) is 14.5. The number of nitrogen functional groups attached to an aromatic ring is 1. The maximum atomic E-state index is 12.8. The van der Waals surface area contributed by atoms with Gasteiger partial charge in [-0.15, -0.1) is 0 Å². The number of hydrogen-bond donors (Lipinski definition) is 2. The number of ether oxygens (including phenoxy) is 1. The van der Waals surface area contributed by atoms with Gasteiger partial charge in [-0.1, -0.05) is 5.06 Å². The highest BCUT2D eigenvalue weighted by molar-refractivity contribution is 5.96. The number of aromatic nitrogens is 4. The molecule has 0 aliphatic carbocycles. The molecule has 2 aromatic heterocycles. The average molecular weight is 426 g/mol. The number of hydroxylamine groups is 3. The fraction of sp³-hybridized carbons (Fsp3) is 0.400. The normalized spacial score (nSPS) is 17.5. The average Bonchev–Trinajstić information content (AvgIpc) is 3.16. The van der Waals surface area contributed by atoms with Crippen molar-refractivity contribution in [1.29, 1.82) is 0 Å². The standard InChI is InChI=1S/C20H24N7O4/c1-19(2)20(3,4)27(30)17(26(19)29)12-5-7-13(8-6-12)31-10-9-25-11-22-14-15(25)23-18(21)24-16(14)28/h5-8,11H,9-10H2,1-4H3,(H3,21,23,24,28). The van der Waals surface area contributed by atoms with Crippen LogP contribution in [0.5, 0.6) is 5.75 Å². The van der Waals surface area contributed by atoms with Gasteiger partial charge in [0.25, 0.3) is 5.56 Å². The third kappa shape index (κ3) is 3.17.